The van der Waals surface area contributed by atoms with E-state index in [9.17, 15) is 14.9 Å². The van der Waals surface area contributed by atoms with Crippen LogP contribution >= 0.6 is 0 Å². The van der Waals surface area contributed by atoms with Gasteiger partial charge in [-0.2, -0.15) is 5.26 Å². The lowest BCUT2D eigenvalue weighted by atomic mass is 10.1. The zero-order valence-electron chi connectivity index (χ0n) is 12.4. The van der Waals surface area contributed by atoms with Gasteiger partial charge in [0.05, 0.1) is 16.6 Å². The number of carbonyl (C=O) groups is 1. The number of hydrogen-bond acceptors (Lipinski definition) is 5. The Morgan fingerprint density at radius 2 is 1.96 bits per heavy atom. The lowest BCUT2D eigenvalue weighted by molar-refractivity contribution is -0.383. The Labute approximate surface area is 132 Å². The van der Waals surface area contributed by atoms with Crippen LogP contribution in [0.4, 0.5) is 11.4 Å². The van der Waals surface area contributed by atoms with Crippen LogP contribution in [-0.2, 0) is 6.54 Å². The normalized spacial score (nSPS) is 9.91. The van der Waals surface area contributed by atoms with Crippen molar-refractivity contribution in [3.63, 3.8) is 0 Å². The molecule has 0 aliphatic rings. The predicted octanol–water partition coefficient (Wildman–Crippen LogP) is 2.32. The molecule has 2 N–H and O–H groups in total. The van der Waals surface area contributed by atoms with Crippen molar-refractivity contribution in [1.29, 1.82) is 5.26 Å². The van der Waals surface area contributed by atoms with E-state index in [-0.39, 0.29) is 22.8 Å². The summed E-state index contributed by atoms with van der Waals surface area (Å²) < 4.78 is 0. The summed E-state index contributed by atoms with van der Waals surface area (Å²) in [7, 11) is 1.60. The van der Waals surface area contributed by atoms with Crippen molar-refractivity contribution >= 4 is 17.3 Å². The maximum atomic E-state index is 12.4. The number of nitro benzene ring substituents is 1. The van der Waals surface area contributed by atoms with E-state index >= 15 is 0 Å². The molecular formula is C16H14N4O3. The number of rotatable bonds is 4. The van der Waals surface area contributed by atoms with Crippen LogP contribution in [0.1, 0.15) is 21.5 Å². The largest absolute Gasteiger partial charge is 0.393 e. The Kier molecular flexibility index (Phi) is 4.57. The van der Waals surface area contributed by atoms with E-state index in [0.717, 1.165) is 5.56 Å². The maximum absolute atomic E-state index is 12.4. The number of nitro groups is 1. The summed E-state index contributed by atoms with van der Waals surface area (Å²) in [4.78, 5) is 24.1. The fourth-order valence-electron chi connectivity index (χ4n) is 2.09. The summed E-state index contributed by atoms with van der Waals surface area (Å²) in [5, 5.41) is 19.7. The SMILES string of the molecule is CN(Cc1ccc(C#N)cc1)C(=O)c1ccc(N)c([N+](=O)[O-])c1. The van der Waals surface area contributed by atoms with E-state index < -0.39 is 4.92 Å². The summed E-state index contributed by atoms with van der Waals surface area (Å²) in [5.41, 5.74) is 6.84. The van der Waals surface area contributed by atoms with Crippen molar-refractivity contribution in [2.45, 2.75) is 6.54 Å². The molecule has 2 rings (SSSR count). The Morgan fingerprint density at radius 1 is 1.30 bits per heavy atom. The van der Waals surface area contributed by atoms with Crippen LogP contribution in [0.3, 0.4) is 0 Å². The second-order valence-corrected chi connectivity index (χ2v) is 5.00. The summed E-state index contributed by atoms with van der Waals surface area (Å²) >= 11 is 0. The molecule has 2 aromatic carbocycles. The van der Waals surface area contributed by atoms with Crippen LogP contribution < -0.4 is 5.73 Å². The van der Waals surface area contributed by atoms with Gasteiger partial charge in [-0.05, 0) is 29.8 Å². The third-order valence-electron chi connectivity index (χ3n) is 3.32. The molecule has 0 spiro atoms. The minimum absolute atomic E-state index is 0.0151. The van der Waals surface area contributed by atoms with E-state index in [1.165, 1.54) is 23.1 Å². The minimum atomic E-state index is -0.618. The fraction of sp³-hybridized carbons (Fsp3) is 0.125. The number of anilines is 1. The lowest BCUT2D eigenvalue weighted by Crippen LogP contribution is -2.26. The third kappa shape index (κ3) is 3.63. The molecule has 0 aromatic heterocycles. The van der Waals surface area contributed by atoms with Gasteiger partial charge in [0.2, 0.25) is 0 Å². The van der Waals surface area contributed by atoms with Crippen LogP contribution in [0, 0.1) is 21.4 Å². The van der Waals surface area contributed by atoms with Gasteiger partial charge in [0.25, 0.3) is 11.6 Å². The number of amides is 1. The fourth-order valence-corrected chi connectivity index (χ4v) is 2.09. The smallest absolute Gasteiger partial charge is 0.292 e. The van der Waals surface area contributed by atoms with Crippen LogP contribution in [0.2, 0.25) is 0 Å². The summed E-state index contributed by atoms with van der Waals surface area (Å²) in [6, 6.07) is 12.9. The lowest BCUT2D eigenvalue weighted by Gasteiger charge is -2.17. The van der Waals surface area contributed by atoms with Crippen molar-refractivity contribution < 1.29 is 9.72 Å². The number of carbonyl (C=O) groups excluding carboxylic acids is 1. The molecule has 116 valence electrons. The third-order valence-corrected chi connectivity index (χ3v) is 3.32. The Hall–Kier alpha value is -3.40. The summed E-state index contributed by atoms with van der Waals surface area (Å²) in [6.07, 6.45) is 0. The van der Waals surface area contributed by atoms with Crippen LogP contribution in [0.15, 0.2) is 42.5 Å². The Morgan fingerprint density at radius 3 is 2.52 bits per heavy atom. The molecule has 0 aliphatic carbocycles. The first-order valence-corrected chi connectivity index (χ1v) is 6.71. The van der Waals surface area contributed by atoms with E-state index in [4.69, 9.17) is 11.0 Å². The molecule has 23 heavy (non-hydrogen) atoms. The molecule has 1 amide bonds. The standard InChI is InChI=1S/C16H14N4O3/c1-19(10-12-4-2-11(9-17)3-5-12)16(21)13-6-7-14(18)15(8-13)20(22)23/h2-8H,10,18H2,1H3. The molecule has 0 fully saturated rings. The highest BCUT2D eigenvalue weighted by molar-refractivity contribution is 5.95. The number of nitrogens with zero attached hydrogens (tertiary/aromatic N) is 3. The average Bonchev–Trinajstić information content (AvgIpc) is 2.55. The van der Waals surface area contributed by atoms with E-state index in [1.807, 2.05) is 6.07 Å². The van der Waals surface area contributed by atoms with E-state index in [2.05, 4.69) is 0 Å². The van der Waals surface area contributed by atoms with Gasteiger partial charge in [-0.15, -0.1) is 0 Å². The van der Waals surface area contributed by atoms with Gasteiger partial charge in [0, 0.05) is 25.2 Å². The monoisotopic (exact) mass is 310 g/mol. The van der Waals surface area contributed by atoms with Crippen LogP contribution in [0.5, 0.6) is 0 Å². The first kappa shape index (κ1) is 16.0. The number of nitrogens with two attached hydrogens (primary N) is 1. The molecule has 0 atom stereocenters. The highest BCUT2D eigenvalue weighted by atomic mass is 16.6. The molecule has 0 saturated heterocycles. The van der Waals surface area contributed by atoms with Crippen molar-refractivity contribution in [2.24, 2.45) is 0 Å². The molecule has 7 nitrogen and oxygen atoms in total. The number of hydrogen-bond donors (Lipinski definition) is 1. The molecule has 0 bridgehead atoms. The second-order valence-electron chi connectivity index (χ2n) is 5.00. The van der Waals surface area contributed by atoms with Gasteiger partial charge < -0.3 is 10.6 Å². The Balaban J connectivity index is 2.17. The molecule has 0 radical (unpaired) electrons. The number of nitrogen functional groups attached to an aromatic ring is 1. The van der Waals surface area contributed by atoms with Crippen LogP contribution in [0.25, 0.3) is 0 Å². The predicted molar refractivity (Wildman–Crippen MR) is 84.5 cm³/mol. The first-order chi connectivity index (χ1) is 10.9. The molecule has 2 aromatic rings. The number of benzene rings is 2. The highest BCUT2D eigenvalue weighted by Gasteiger charge is 2.18. The second kappa shape index (κ2) is 6.58. The molecule has 0 saturated carbocycles. The van der Waals surface area contributed by atoms with E-state index in [1.54, 1.807) is 31.3 Å². The molecular weight excluding hydrogens is 296 g/mol. The van der Waals surface area contributed by atoms with E-state index in [0.29, 0.717) is 12.1 Å². The van der Waals surface area contributed by atoms with Crippen molar-refractivity contribution in [1.82, 2.24) is 4.90 Å². The van der Waals surface area contributed by atoms with Crippen molar-refractivity contribution in [3.8, 4) is 6.07 Å². The molecule has 0 unspecified atom stereocenters. The van der Waals surface area contributed by atoms with Gasteiger partial charge in [-0.25, -0.2) is 0 Å². The van der Waals surface area contributed by atoms with Gasteiger partial charge in [0.1, 0.15) is 5.69 Å². The summed E-state index contributed by atoms with van der Waals surface area (Å²) in [5.74, 6) is -0.350. The topological polar surface area (TPSA) is 113 Å². The molecule has 0 heterocycles. The molecule has 0 aliphatic heterocycles. The average molecular weight is 310 g/mol. The minimum Gasteiger partial charge on any atom is -0.393 e. The van der Waals surface area contributed by atoms with Gasteiger partial charge >= 0.3 is 0 Å². The van der Waals surface area contributed by atoms with Gasteiger partial charge in [-0.3, -0.25) is 14.9 Å². The Bertz CT molecular complexity index is 794. The quantitative estimate of drug-likeness (QED) is 0.529. The molecule has 7 heteroatoms. The van der Waals surface area contributed by atoms with Gasteiger partial charge in [0.15, 0.2) is 0 Å². The summed E-state index contributed by atoms with van der Waals surface area (Å²) in [6.45, 7) is 0.322. The van der Waals surface area contributed by atoms with Crippen molar-refractivity contribution in [3.05, 3.63) is 69.3 Å². The maximum Gasteiger partial charge on any atom is 0.292 e. The zero-order chi connectivity index (χ0) is 17.0. The van der Waals surface area contributed by atoms with Crippen molar-refractivity contribution in [2.75, 3.05) is 12.8 Å². The van der Waals surface area contributed by atoms with Gasteiger partial charge in [-0.1, -0.05) is 12.1 Å². The number of nitriles is 1. The van der Waals surface area contributed by atoms with Crippen LogP contribution in [-0.4, -0.2) is 22.8 Å². The first-order valence-electron chi connectivity index (χ1n) is 6.71. The highest BCUT2D eigenvalue weighted by Crippen LogP contribution is 2.23. The zero-order valence-corrected chi connectivity index (χ0v) is 12.4.